The van der Waals surface area contributed by atoms with E-state index >= 15 is 0 Å². The molecule has 0 aromatic heterocycles. The zero-order valence-corrected chi connectivity index (χ0v) is 11.9. The van der Waals surface area contributed by atoms with Gasteiger partial charge in [0.1, 0.15) is 11.6 Å². The molecule has 0 aliphatic carbocycles. The minimum atomic E-state index is -0.337. The van der Waals surface area contributed by atoms with Crippen molar-refractivity contribution in [1.29, 1.82) is 0 Å². The Kier molecular flexibility index (Phi) is 5.32. The molecule has 2 aromatic carbocycles. The molecule has 0 aliphatic rings. The summed E-state index contributed by atoms with van der Waals surface area (Å²) in [7, 11) is 0. The number of benzene rings is 2. The van der Waals surface area contributed by atoms with Crippen molar-refractivity contribution in [2.75, 3.05) is 11.9 Å². The third-order valence-electron chi connectivity index (χ3n) is 2.99. The Labute approximate surface area is 123 Å². The van der Waals surface area contributed by atoms with Crippen LogP contribution in [0.2, 0.25) is 0 Å². The number of anilines is 1. The maximum Gasteiger partial charge on any atom is 0.259 e. The van der Waals surface area contributed by atoms with Crippen molar-refractivity contribution in [2.24, 2.45) is 0 Å². The molecular formula is C17H18FNO2. The van der Waals surface area contributed by atoms with Crippen molar-refractivity contribution in [1.82, 2.24) is 0 Å². The van der Waals surface area contributed by atoms with Gasteiger partial charge >= 0.3 is 0 Å². The lowest BCUT2D eigenvalue weighted by Gasteiger charge is -2.11. The van der Waals surface area contributed by atoms with Crippen molar-refractivity contribution in [3.63, 3.8) is 0 Å². The summed E-state index contributed by atoms with van der Waals surface area (Å²) in [5, 5.41) is 2.73. The lowest BCUT2D eigenvalue weighted by molar-refractivity contribution is 0.102. The molecule has 2 rings (SSSR count). The maximum atomic E-state index is 12.9. The highest BCUT2D eigenvalue weighted by atomic mass is 19.1. The number of hydrogen-bond donors (Lipinski definition) is 1. The highest BCUT2D eigenvalue weighted by Gasteiger charge is 2.12. The van der Waals surface area contributed by atoms with Crippen LogP contribution in [0.4, 0.5) is 10.1 Å². The molecule has 110 valence electrons. The molecule has 0 spiro atoms. The van der Waals surface area contributed by atoms with Gasteiger partial charge < -0.3 is 10.1 Å². The van der Waals surface area contributed by atoms with Crippen LogP contribution in [0.1, 0.15) is 30.1 Å². The Bertz CT molecular complexity index is 596. The standard InChI is InChI=1S/C17H18FNO2/c1-2-3-12-21-16-7-5-4-6-15(16)17(20)19-14-10-8-13(18)9-11-14/h4-11H,2-3,12H2,1H3,(H,19,20). The molecule has 0 radical (unpaired) electrons. The molecule has 1 N–H and O–H groups in total. The zero-order chi connectivity index (χ0) is 15.1. The van der Waals surface area contributed by atoms with Crippen LogP contribution in [0, 0.1) is 5.82 Å². The van der Waals surface area contributed by atoms with Crippen LogP contribution in [0.15, 0.2) is 48.5 Å². The SMILES string of the molecule is CCCCOc1ccccc1C(=O)Nc1ccc(F)cc1. The first-order valence-electron chi connectivity index (χ1n) is 6.99. The lowest BCUT2D eigenvalue weighted by atomic mass is 10.2. The summed E-state index contributed by atoms with van der Waals surface area (Å²) < 4.78 is 18.5. The maximum absolute atomic E-state index is 12.9. The summed E-state index contributed by atoms with van der Waals surface area (Å²) in [6.45, 7) is 2.66. The molecule has 3 nitrogen and oxygen atoms in total. The number of hydrogen-bond acceptors (Lipinski definition) is 2. The van der Waals surface area contributed by atoms with Gasteiger partial charge in [0.15, 0.2) is 0 Å². The first-order chi connectivity index (χ1) is 10.2. The molecule has 0 heterocycles. The number of unbranched alkanes of at least 4 members (excludes halogenated alkanes) is 1. The number of carbonyl (C=O) groups excluding carboxylic acids is 1. The van der Waals surface area contributed by atoms with Crippen LogP contribution in [0.5, 0.6) is 5.75 Å². The highest BCUT2D eigenvalue weighted by molar-refractivity contribution is 6.06. The van der Waals surface area contributed by atoms with Gasteiger partial charge in [-0.25, -0.2) is 4.39 Å². The van der Waals surface area contributed by atoms with Crippen LogP contribution in [0.25, 0.3) is 0 Å². The third-order valence-corrected chi connectivity index (χ3v) is 2.99. The average molecular weight is 287 g/mol. The Hall–Kier alpha value is -2.36. The number of rotatable bonds is 6. The molecular weight excluding hydrogens is 269 g/mol. The molecule has 0 saturated heterocycles. The highest BCUT2D eigenvalue weighted by Crippen LogP contribution is 2.20. The van der Waals surface area contributed by atoms with Gasteiger partial charge in [-0.1, -0.05) is 25.5 Å². The van der Waals surface area contributed by atoms with E-state index < -0.39 is 0 Å². The second-order valence-corrected chi connectivity index (χ2v) is 4.66. The lowest BCUT2D eigenvalue weighted by Crippen LogP contribution is -2.13. The smallest absolute Gasteiger partial charge is 0.259 e. The quantitative estimate of drug-likeness (QED) is 0.806. The van der Waals surface area contributed by atoms with E-state index in [9.17, 15) is 9.18 Å². The van der Waals surface area contributed by atoms with Crippen LogP contribution in [-0.2, 0) is 0 Å². The Morgan fingerprint density at radius 1 is 1.14 bits per heavy atom. The normalized spacial score (nSPS) is 10.2. The number of amides is 1. The molecule has 0 fully saturated rings. The van der Waals surface area contributed by atoms with Crippen molar-refractivity contribution in [2.45, 2.75) is 19.8 Å². The van der Waals surface area contributed by atoms with Gasteiger partial charge in [-0.2, -0.15) is 0 Å². The molecule has 1 amide bonds. The van der Waals surface area contributed by atoms with Crippen LogP contribution >= 0.6 is 0 Å². The molecule has 4 heteroatoms. The van der Waals surface area contributed by atoms with Gasteiger partial charge in [0.25, 0.3) is 5.91 Å². The number of ether oxygens (including phenoxy) is 1. The van der Waals surface area contributed by atoms with E-state index in [4.69, 9.17) is 4.74 Å². The van der Waals surface area contributed by atoms with Gasteiger partial charge in [-0.3, -0.25) is 4.79 Å². The Balaban J connectivity index is 2.09. The first-order valence-corrected chi connectivity index (χ1v) is 6.99. The topological polar surface area (TPSA) is 38.3 Å². The second kappa shape index (κ2) is 7.43. The van der Waals surface area contributed by atoms with Crippen molar-refractivity contribution < 1.29 is 13.9 Å². The number of nitrogens with one attached hydrogen (secondary N) is 1. The summed E-state index contributed by atoms with van der Waals surface area (Å²) in [6.07, 6.45) is 1.97. The summed E-state index contributed by atoms with van der Waals surface area (Å²) in [5.41, 5.74) is 1.02. The van der Waals surface area contributed by atoms with Gasteiger partial charge in [0.05, 0.1) is 12.2 Å². The first kappa shape index (κ1) is 15.0. The van der Waals surface area contributed by atoms with Gasteiger partial charge in [-0.15, -0.1) is 0 Å². The summed E-state index contributed by atoms with van der Waals surface area (Å²) in [6, 6.07) is 12.7. The van der Waals surface area contributed by atoms with Crippen LogP contribution in [0.3, 0.4) is 0 Å². The van der Waals surface area contributed by atoms with E-state index in [1.807, 2.05) is 6.07 Å². The summed E-state index contributed by atoms with van der Waals surface area (Å²) >= 11 is 0. The molecule has 0 unspecified atom stereocenters. The fraction of sp³-hybridized carbons (Fsp3) is 0.235. The minimum absolute atomic E-state index is 0.270. The molecule has 0 saturated carbocycles. The van der Waals surface area contributed by atoms with E-state index in [1.165, 1.54) is 24.3 Å². The van der Waals surface area contributed by atoms with E-state index in [2.05, 4.69) is 12.2 Å². The molecule has 21 heavy (non-hydrogen) atoms. The van der Waals surface area contributed by atoms with Crippen molar-refractivity contribution >= 4 is 11.6 Å². The van der Waals surface area contributed by atoms with Crippen LogP contribution < -0.4 is 10.1 Å². The fourth-order valence-electron chi connectivity index (χ4n) is 1.84. The monoisotopic (exact) mass is 287 g/mol. The fourth-order valence-corrected chi connectivity index (χ4v) is 1.84. The van der Waals surface area contributed by atoms with E-state index in [0.717, 1.165) is 12.8 Å². The average Bonchev–Trinajstić information content (AvgIpc) is 2.50. The van der Waals surface area contributed by atoms with E-state index in [0.29, 0.717) is 23.6 Å². The van der Waals surface area contributed by atoms with Gasteiger partial charge in [0.2, 0.25) is 0 Å². The van der Waals surface area contributed by atoms with Crippen molar-refractivity contribution in [3.8, 4) is 5.75 Å². The number of carbonyl (C=O) groups is 1. The third kappa shape index (κ3) is 4.31. The number of halogens is 1. The van der Waals surface area contributed by atoms with Gasteiger partial charge in [0, 0.05) is 5.69 Å². The predicted molar refractivity (Wildman–Crippen MR) is 81.2 cm³/mol. The van der Waals surface area contributed by atoms with E-state index in [-0.39, 0.29) is 11.7 Å². The van der Waals surface area contributed by atoms with Gasteiger partial charge in [-0.05, 0) is 42.8 Å². The minimum Gasteiger partial charge on any atom is -0.493 e. The zero-order valence-electron chi connectivity index (χ0n) is 11.9. The van der Waals surface area contributed by atoms with Crippen LogP contribution in [-0.4, -0.2) is 12.5 Å². The van der Waals surface area contributed by atoms with E-state index in [1.54, 1.807) is 18.2 Å². The molecule has 0 aliphatic heterocycles. The Morgan fingerprint density at radius 3 is 2.57 bits per heavy atom. The second-order valence-electron chi connectivity index (χ2n) is 4.66. The molecule has 2 aromatic rings. The summed E-state index contributed by atoms with van der Waals surface area (Å²) in [5.74, 6) is -0.0458. The molecule has 0 bridgehead atoms. The largest absolute Gasteiger partial charge is 0.493 e. The predicted octanol–water partition coefficient (Wildman–Crippen LogP) is 4.26. The Morgan fingerprint density at radius 2 is 1.86 bits per heavy atom. The number of para-hydroxylation sites is 1. The summed E-state index contributed by atoms with van der Waals surface area (Å²) in [4.78, 5) is 12.3. The van der Waals surface area contributed by atoms with Crippen molar-refractivity contribution in [3.05, 3.63) is 59.9 Å². The molecule has 0 atom stereocenters.